The predicted molar refractivity (Wildman–Crippen MR) is 73.2 cm³/mol. The lowest BCUT2D eigenvalue weighted by atomic mass is 10.3. The van der Waals surface area contributed by atoms with E-state index in [0.717, 1.165) is 5.56 Å². The molecule has 0 atom stereocenters. The van der Waals surface area contributed by atoms with Gasteiger partial charge >= 0.3 is 12.1 Å². The van der Waals surface area contributed by atoms with Gasteiger partial charge in [-0.1, -0.05) is 4.68 Å². The van der Waals surface area contributed by atoms with E-state index in [1.165, 1.54) is 7.11 Å². The number of halogens is 3. The monoisotopic (exact) mass is 358 g/mol. The zero-order valence-corrected chi connectivity index (χ0v) is 12.9. The summed E-state index contributed by atoms with van der Waals surface area (Å²) >= 11 is 0. The highest BCUT2D eigenvalue weighted by molar-refractivity contribution is 5.70. The molecule has 2 aromatic heterocycles. The molecular formula is C14H13F3N4O4. The number of aromatic nitrogens is 4. The summed E-state index contributed by atoms with van der Waals surface area (Å²) in [4.78, 5) is 28.0. The van der Waals surface area contributed by atoms with E-state index in [1.54, 1.807) is 35.5 Å². The molecule has 0 fully saturated rings. The molecule has 11 heteroatoms. The van der Waals surface area contributed by atoms with E-state index in [-0.39, 0.29) is 5.97 Å². The fourth-order valence-corrected chi connectivity index (χ4v) is 1.40. The van der Waals surface area contributed by atoms with Gasteiger partial charge in [0.15, 0.2) is 18.6 Å². The minimum atomic E-state index is -5.19. The first-order valence-corrected chi connectivity index (χ1v) is 6.72. The molecule has 134 valence electrons. The Balaban J connectivity index is 0.000000381. The Morgan fingerprint density at radius 3 is 2.32 bits per heavy atom. The average Bonchev–Trinajstić information content (AvgIpc) is 2.60. The molecule has 0 aromatic carbocycles. The van der Waals surface area contributed by atoms with Crippen LogP contribution >= 0.6 is 0 Å². The molecule has 0 amide bonds. The van der Waals surface area contributed by atoms with Gasteiger partial charge in [-0.2, -0.15) is 13.2 Å². The molecule has 0 unspecified atom stereocenters. The Morgan fingerprint density at radius 2 is 1.88 bits per heavy atom. The largest absolute Gasteiger partial charge is 0.542 e. The molecule has 8 nitrogen and oxygen atoms in total. The SMILES string of the molecule is COC(=O)CC[n+]1ccc(-c2ncccn2)cn1.O=C([O-])C(F)(F)F. The van der Waals surface area contributed by atoms with Crippen molar-refractivity contribution in [1.29, 1.82) is 0 Å². The number of aliphatic carboxylic acids is 1. The van der Waals surface area contributed by atoms with Gasteiger partial charge in [-0.25, -0.2) is 9.97 Å². The Kier molecular flexibility index (Phi) is 7.38. The highest BCUT2D eigenvalue weighted by Crippen LogP contribution is 2.11. The van der Waals surface area contributed by atoms with Crippen LogP contribution < -0.4 is 9.79 Å². The van der Waals surface area contributed by atoms with Gasteiger partial charge in [0.1, 0.15) is 18.6 Å². The minimum absolute atomic E-state index is 0.250. The van der Waals surface area contributed by atoms with Gasteiger partial charge in [0.2, 0.25) is 0 Å². The van der Waals surface area contributed by atoms with Gasteiger partial charge in [-0.15, -0.1) is 0 Å². The van der Waals surface area contributed by atoms with Crippen LogP contribution in [0.2, 0.25) is 0 Å². The summed E-state index contributed by atoms with van der Waals surface area (Å²) in [6, 6.07) is 3.62. The number of aryl methyl sites for hydroxylation is 1. The summed E-state index contributed by atoms with van der Waals surface area (Å²) in [6.45, 7) is 0.489. The van der Waals surface area contributed by atoms with Crippen molar-refractivity contribution >= 4 is 11.9 Å². The number of carbonyl (C=O) groups is 2. The molecule has 0 aliphatic rings. The number of carboxylic acids is 1. The average molecular weight is 358 g/mol. The van der Waals surface area contributed by atoms with Crippen molar-refractivity contribution in [2.75, 3.05) is 7.11 Å². The van der Waals surface area contributed by atoms with Crippen molar-refractivity contribution in [1.82, 2.24) is 15.1 Å². The molecule has 0 radical (unpaired) electrons. The van der Waals surface area contributed by atoms with Gasteiger partial charge in [-0.3, -0.25) is 4.79 Å². The Bertz CT molecular complexity index is 693. The van der Waals surface area contributed by atoms with Crippen molar-refractivity contribution in [3.8, 4) is 11.4 Å². The summed E-state index contributed by atoms with van der Waals surface area (Å²) in [5, 5.41) is 13.0. The van der Waals surface area contributed by atoms with Crippen LogP contribution in [0.4, 0.5) is 13.2 Å². The third-order valence-corrected chi connectivity index (χ3v) is 2.60. The number of methoxy groups -OCH3 is 1. The van der Waals surface area contributed by atoms with Crippen LogP contribution in [-0.4, -0.2) is 40.3 Å². The van der Waals surface area contributed by atoms with E-state index >= 15 is 0 Å². The number of alkyl halides is 3. The van der Waals surface area contributed by atoms with Gasteiger partial charge < -0.3 is 14.6 Å². The van der Waals surface area contributed by atoms with Crippen LogP contribution in [-0.2, 0) is 20.9 Å². The van der Waals surface area contributed by atoms with E-state index in [9.17, 15) is 18.0 Å². The third kappa shape index (κ3) is 7.33. The summed E-state index contributed by atoms with van der Waals surface area (Å²) in [6.07, 6.45) is 1.93. The zero-order valence-electron chi connectivity index (χ0n) is 12.9. The Morgan fingerprint density at radius 1 is 1.28 bits per heavy atom. The van der Waals surface area contributed by atoms with Crippen LogP contribution in [0.5, 0.6) is 0 Å². The molecule has 0 spiro atoms. The smallest absolute Gasteiger partial charge is 0.430 e. The van der Waals surface area contributed by atoms with E-state index in [1.807, 2.05) is 6.07 Å². The zero-order chi connectivity index (χ0) is 18.9. The predicted octanol–water partition coefficient (Wildman–Crippen LogP) is -0.312. The van der Waals surface area contributed by atoms with Crippen molar-refractivity contribution in [3.63, 3.8) is 0 Å². The summed E-state index contributed by atoms with van der Waals surface area (Å²) < 4.78 is 37.8. The van der Waals surface area contributed by atoms with Crippen molar-refractivity contribution < 1.29 is 37.3 Å². The first kappa shape index (κ1) is 19.9. The highest BCUT2D eigenvalue weighted by atomic mass is 19.4. The molecule has 0 saturated heterocycles. The Hall–Kier alpha value is -3.11. The molecule has 2 heterocycles. The molecule has 2 rings (SSSR count). The Labute approximate surface area is 139 Å². The fourth-order valence-electron chi connectivity index (χ4n) is 1.40. The maximum atomic E-state index is 11.0. The summed E-state index contributed by atoms with van der Waals surface area (Å²) in [7, 11) is 1.37. The second-order valence-electron chi connectivity index (χ2n) is 4.36. The molecule has 0 bridgehead atoms. The number of esters is 1. The molecule has 25 heavy (non-hydrogen) atoms. The molecular weight excluding hydrogens is 345 g/mol. The van der Waals surface area contributed by atoms with Crippen LogP contribution in [0.25, 0.3) is 11.4 Å². The summed E-state index contributed by atoms with van der Waals surface area (Å²) in [5.74, 6) is -2.63. The second-order valence-corrected chi connectivity index (χ2v) is 4.36. The molecule has 0 N–H and O–H groups in total. The van der Waals surface area contributed by atoms with E-state index < -0.39 is 12.1 Å². The molecule has 0 saturated carbocycles. The maximum Gasteiger partial charge on any atom is 0.430 e. The third-order valence-electron chi connectivity index (χ3n) is 2.60. The van der Waals surface area contributed by atoms with Crippen LogP contribution in [0.3, 0.4) is 0 Å². The second kappa shape index (κ2) is 9.25. The van der Waals surface area contributed by atoms with Crippen molar-refractivity contribution in [2.24, 2.45) is 0 Å². The van der Waals surface area contributed by atoms with Crippen molar-refractivity contribution in [2.45, 2.75) is 19.1 Å². The van der Waals surface area contributed by atoms with Crippen LogP contribution in [0.15, 0.2) is 36.9 Å². The molecule has 0 aliphatic carbocycles. The topological polar surface area (TPSA) is 109 Å². The maximum absolute atomic E-state index is 11.0. The van der Waals surface area contributed by atoms with E-state index in [2.05, 4.69) is 19.8 Å². The van der Waals surface area contributed by atoms with Crippen LogP contribution in [0, 0.1) is 0 Å². The number of rotatable bonds is 4. The van der Waals surface area contributed by atoms with Gasteiger partial charge in [-0.05, 0) is 11.2 Å². The first-order chi connectivity index (χ1) is 11.7. The van der Waals surface area contributed by atoms with E-state index in [4.69, 9.17) is 9.90 Å². The van der Waals surface area contributed by atoms with Gasteiger partial charge in [0.05, 0.1) is 7.11 Å². The van der Waals surface area contributed by atoms with Gasteiger partial charge in [0.25, 0.3) is 0 Å². The minimum Gasteiger partial charge on any atom is -0.542 e. The van der Waals surface area contributed by atoms with Crippen molar-refractivity contribution in [3.05, 3.63) is 36.9 Å². The standard InChI is InChI=1S/C12H13N4O2.C2HF3O2/c1-18-11(17)4-8-16-7-3-10(9-15-16)12-13-5-2-6-14-12;3-2(4,5)1(6)7/h2-3,5-7,9H,4,8H2,1H3;(H,6,7)/q+1;/p-1. The first-order valence-electron chi connectivity index (χ1n) is 6.72. The lowest BCUT2D eigenvalue weighted by Crippen LogP contribution is -2.38. The number of ether oxygens (including phenoxy) is 1. The number of nitrogens with zero attached hydrogens (tertiary/aromatic N) is 4. The molecule has 2 aromatic rings. The highest BCUT2D eigenvalue weighted by Gasteiger charge is 2.28. The lowest BCUT2D eigenvalue weighted by Gasteiger charge is -2.03. The normalized spacial score (nSPS) is 10.4. The number of hydrogen-bond donors (Lipinski definition) is 0. The van der Waals surface area contributed by atoms with E-state index in [0.29, 0.717) is 18.8 Å². The number of carbonyl (C=O) groups excluding carboxylic acids is 2. The lowest BCUT2D eigenvalue weighted by molar-refractivity contribution is -0.752. The fraction of sp³-hybridized carbons (Fsp3) is 0.286. The summed E-state index contributed by atoms with van der Waals surface area (Å²) in [5.41, 5.74) is 0.838. The van der Waals surface area contributed by atoms with Gasteiger partial charge in [0, 0.05) is 24.0 Å². The number of hydrogen-bond acceptors (Lipinski definition) is 7. The number of carboxylic acid groups (broad SMARTS) is 1. The van der Waals surface area contributed by atoms with Crippen LogP contribution in [0.1, 0.15) is 6.42 Å². The quantitative estimate of drug-likeness (QED) is 0.545. The molecule has 0 aliphatic heterocycles.